The lowest BCUT2D eigenvalue weighted by atomic mass is 9.98. The van der Waals surface area contributed by atoms with E-state index in [-0.39, 0.29) is 34.9 Å². The van der Waals surface area contributed by atoms with E-state index in [1.165, 1.54) is 6.07 Å². The summed E-state index contributed by atoms with van der Waals surface area (Å²) in [6, 6.07) is 3.89. The van der Waals surface area contributed by atoms with Crippen molar-refractivity contribution in [1.82, 2.24) is 10.2 Å². The highest BCUT2D eigenvalue weighted by Crippen LogP contribution is 2.30. The number of amides is 2. The molecule has 9 nitrogen and oxygen atoms in total. The molecule has 1 heterocycles. The zero-order chi connectivity index (χ0) is 25.9. The zero-order valence-electron chi connectivity index (χ0n) is 17.7. The number of aliphatic hydroxyl groups excluding tert-OH is 1. The molecule has 0 unspecified atom stereocenters. The number of nitrogens with two attached hydrogens (primary N) is 1. The topological polar surface area (TPSA) is 137 Å². The van der Waals surface area contributed by atoms with Crippen molar-refractivity contribution in [2.75, 3.05) is 6.54 Å². The first kappa shape index (κ1) is 26.0. The summed E-state index contributed by atoms with van der Waals surface area (Å²) < 4.78 is 57.7. The molecule has 1 aliphatic heterocycles. The summed E-state index contributed by atoms with van der Waals surface area (Å²) in [5, 5.41) is 23.9. The van der Waals surface area contributed by atoms with Crippen molar-refractivity contribution in [3.63, 3.8) is 0 Å². The number of oxime groups is 1. The van der Waals surface area contributed by atoms with Crippen LogP contribution in [0.15, 0.2) is 35.5 Å². The highest BCUT2D eigenvalue weighted by molar-refractivity contribution is 6.30. The van der Waals surface area contributed by atoms with Gasteiger partial charge < -0.3 is 31.0 Å². The highest BCUT2D eigenvalue weighted by atomic mass is 35.5. The fourth-order valence-electron chi connectivity index (χ4n) is 3.41. The van der Waals surface area contributed by atoms with Crippen molar-refractivity contribution in [3.05, 3.63) is 63.7 Å². The molecule has 0 saturated carbocycles. The van der Waals surface area contributed by atoms with E-state index >= 15 is 0 Å². The number of amidine groups is 1. The first-order valence-corrected chi connectivity index (χ1v) is 10.4. The van der Waals surface area contributed by atoms with E-state index in [0.29, 0.717) is 0 Å². The van der Waals surface area contributed by atoms with Crippen LogP contribution in [0.2, 0.25) is 5.02 Å². The molecule has 1 aliphatic rings. The number of hydrogen-bond acceptors (Lipinski definition) is 6. The average Bonchev–Trinajstić information content (AvgIpc) is 2.75. The number of hydrogen-bond donors (Lipinski definition) is 4. The van der Waals surface area contributed by atoms with Crippen LogP contribution in [0.4, 0.5) is 17.6 Å². The van der Waals surface area contributed by atoms with Crippen molar-refractivity contribution in [2.24, 2.45) is 10.9 Å². The SMILES string of the molecule is N/C(=N\O)c1cc(F)c(CNC(=O)[C@@H]2CCN2C(=O)[C@H](O)c2cc(Cl)cc(OC(F)F)c2)c(F)c1. The van der Waals surface area contributed by atoms with Crippen LogP contribution in [0.5, 0.6) is 5.75 Å². The van der Waals surface area contributed by atoms with Gasteiger partial charge in [0.05, 0.1) is 0 Å². The van der Waals surface area contributed by atoms with Crippen LogP contribution in [0.1, 0.15) is 29.2 Å². The molecule has 5 N–H and O–H groups in total. The first-order chi connectivity index (χ1) is 16.5. The van der Waals surface area contributed by atoms with Gasteiger partial charge in [-0.3, -0.25) is 9.59 Å². The molecular weight excluding hydrogens is 500 g/mol. The number of aliphatic hydroxyl groups is 1. The lowest BCUT2D eigenvalue weighted by Gasteiger charge is -2.40. The van der Waals surface area contributed by atoms with Crippen LogP contribution >= 0.6 is 11.6 Å². The molecule has 2 amide bonds. The minimum absolute atomic E-state index is 0.0648. The molecule has 2 aromatic rings. The molecule has 188 valence electrons. The van der Waals surface area contributed by atoms with Crippen LogP contribution in [-0.2, 0) is 16.1 Å². The third-order valence-corrected chi connectivity index (χ3v) is 5.48. The Hall–Kier alpha value is -3.58. The molecule has 0 radical (unpaired) electrons. The van der Waals surface area contributed by atoms with Gasteiger partial charge in [-0.1, -0.05) is 16.8 Å². The van der Waals surface area contributed by atoms with Crippen molar-refractivity contribution in [2.45, 2.75) is 31.7 Å². The number of likely N-dealkylation sites (tertiary alicyclic amines) is 1. The molecule has 0 spiro atoms. The number of carbonyl (C=O) groups excluding carboxylic acids is 2. The van der Waals surface area contributed by atoms with Gasteiger partial charge in [0.1, 0.15) is 23.4 Å². The van der Waals surface area contributed by atoms with Crippen LogP contribution in [0.3, 0.4) is 0 Å². The molecular formula is C21H19ClF4N4O5. The number of alkyl halides is 2. The van der Waals surface area contributed by atoms with Gasteiger partial charge >= 0.3 is 6.61 Å². The van der Waals surface area contributed by atoms with E-state index in [1.54, 1.807) is 0 Å². The van der Waals surface area contributed by atoms with Crippen LogP contribution < -0.4 is 15.8 Å². The number of benzene rings is 2. The van der Waals surface area contributed by atoms with Gasteiger partial charge in [-0.15, -0.1) is 0 Å². The molecule has 0 aliphatic carbocycles. The molecule has 1 saturated heterocycles. The minimum Gasteiger partial charge on any atom is -0.435 e. The fourth-order valence-corrected chi connectivity index (χ4v) is 3.64. The summed E-state index contributed by atoms with van der Waals surface area (Å²) >= 11 is 5.84. The number of carbonyl (C=O) groups is 2. The van der Waals surface area contributed by atoms with Gasteiger partial charge in [0.25, 0.3) is 5.91 Å². The van der Waals surface area contributed by atoms with Crippen molar-refractivity contribution in [3.8, 4) is 5.75 Å². The van der Waals surface area contributed by atoms with E-state index in [2.05, 4.69) is 15.2 Å². The number of ether oxygens (including phenoxy) is 1. The van der Waals surface area contributed by atoms with Crippen LogP contribution in [0.25, 0.3) is 0 Å². The summed E-state index contributed by atoms with van der Waals surface area (Å²) in [7, 11) is 0. The van der Waals surface area contributed by atoms with Gasteiger partial charge in [0.2, 0.25) is 5.91 Å². The Morgan fingerprint density at radius 3 is 2.43 bits per heavy atom. The van der Waals surface area contributed by atoms with Gasteiger partial charge in [-0.05, 0) is 42.3 Å². The van der Waals surface area contributed by atoms with Crippen LogP contribution in [-0.4, -0.2) is 52.1 Å². The summed E-state index contributed by atoms with van der Waals surface area (Å²) in [5.41, 5.74) is 4.49. The molecule has 2 aromatic carbocycles. The maximum absolute atomic E-state index is 14.2. The monoisotopic (exact) mass is 518 g/mol. The summed E-state index contributed by atoms with van der Waals surface area (Å²) in [6.45, 7) is -3.60. The Morgan fingerprint density at radius 1 is 1.23 bits per heavy atom. The number of rotatable bonds is 8. The second kappa shape index (κ2) is 10.8. The second-order valence-corrected chi connectivity index (χ2v) is 7.90. The summed E-state index contributed by atoms with van der Waals surface area (Å²) in [5.74, 6) is -4.60. The predicted octanol–water partition coefficient (Wildman–Crippen LogP) is 2.26. The quantitative estimate of drug-likeness (QED) is 0.139. The number of halogens is 5. The fraction of sp³-hybridized carbons (Fsp3) is 0.286. The van der Waals surface area contributed by atoms with Crippen molar-refractivity contribution in [1.29, 1.82) is 0 Å². The van der Waals surface area contributed by atoms with E-state index in [9.17, 15) is 32.3 Å². The van der Waals surface area contributed by atoms with Crippen molar-refractivity contribution >= 4 is 29.3 Å². The van der Waals surface area contributed by atoms with Gasteiger partial charge in [0, 0.05) is 29.2 Å². The molecule has 0 aromatic heterocycles. The molecule has 3 rings (SSSR count). The maximum Gasteiger partial charge on any atom is 0.387 e. The van der Waals surface area contributed by atoms with Crippen LogP contribution in [0, 0.1) is 11.6 Å². The smallest absolute Gasteiger partial charge is 0.387 e. The maximum atomic E-state index is 14.2. The summed E-state index contributed by atoms with van der Waals surface area (Å²) in [6.07, 6.45) is -1.61. The van der Waals surface area contributed by atoms with Gasteiger partial charge in [-0.2, -0.15) is 8.78 Å². The van der Waals surface area contributed by atoms with E-state index in [0.717, 1.165) is 29.2 Å². The number of nitrogens with one attached hydrogen (secondary N) is 1. The molecule has 1 fully saturated rings. The number of nitrogens with zero attached hydrogens (tertiary/aromatic N) is 2. The van der Waals surface area contributed by atoms with E-state index in [1.807, 2.05) is 0 Å². The third-order valence-electron chi connectivity index (χ3n) is 5.26. The molecule has 2 atom stereocenters. The summed E-state index contributed by atoms with van der Waals surface area (Å²) in [4.78, 5) is 26.2. The predicted molar refractivity (Wildman–Crippen MR) is 114 cm³/mol. The Balaban J connectivity index is 1.66. The van der Waals surface area contributed by atoms with E-state index < -0.39 is 60.1 Å². The standard InChI is InChI=1S/C21H19ClF4N4O5/c22-11-3-9(4-12(7-11)35-21(25)26)17(31)20(33)30-2-1-16(30)19(32)28-8-13-14(23)5-10(6-15(13)24)18(27)29-34/h3-7,16-17,21,31,34H,1-2,8H2,(H2,27,29)(H,28,32)/t16-,17+/m0/s1. The first-order valence-electron chi connectivity index (χ1n) is 9.99. The highest BCUT2D eigenvalue weighted by Gasteiger charge is 2.40. The largest absolute Gasteiger partial charge is 0.435 e. The lowest BCUT2D eigenvalue weighted by molar-refractivity contribution is -0.154. The van der Waals surface area contributed by atoms with Gasteiger partial charge in [0.15, 0.2) is 11.9 Å². The Labute approximate surface area is 200 Å². The average molecular weight is 519 g/mol. The minimum atomic E-state index is -3.15. The molecule has 0 bridgehead atoms. The Morgan fingerprint density at radius 2 is 1.89 bits per heavy atom. The van der Waals surface area contributed by atoms with Crippen molar-refractivity contribution < 1.29 is 42.2 Å². The second-order valence-electron chi connectivity index (χ2n) is 7.46. The Kier molecular flexibility index (Phi) is 8.02. The molecule has 14 heteroatoms. The molecule has 35 heavy (non-hydrogen) atoms. The lowest BCUT2D eigenvalue weighted by Crippen LogP contribution is -2.59. The zero-order valence-corrected chi connectivity index (χ0v) is 18.5. The Bertz CT molecular complexity index is 1140. The van der Waals surface area contributed by atoms with E-state index in [4.69, 9.17) is 22.5 Å². The van der Waals surface area contributed by atoms with Gasteiger partial charge in [-0.25, -0.2) is 8.78 Å². The third kappa shape index (κ3) is 5.92. The normalized spacial score (nSPS) is 16.6.